The minimum atomic E-state index is -0.549. The Morgan fingerprint density at radius 1 is 1.47 bits per heavy atom. The number of carbonyl (C=O) groups is 1. The molecule has 1 aromatic rings. The number of nitrogens with one attached hydrogen (secondary N) is 1. The van der Waals surface area contributed by atoms with Gasteiger partial charge in [0, 0.05) is 23.7 Å². The van der Waals surface area contributed by atoms with E-state index < -0.39 is 11.7 Å². The van der Waals surface area contributed by atoms with Gasteiger partial charge in [-0.15, -0.1) is 0 Å². The number of phenolic OH excluding ortho intramolecular Hbond substituents is 1. The summed E-state index contributed by atoms with van der Waals surface area (Å²) in [4.78, 5) is 11.6. The van der Waals surface area contributed by atoms with Crippen molar-refractivity contribution in [3.05, 3.63) is 23.8 Å². The highest BCUT2D eigenvalue weighted by Gasteiger charge is 2.36. The number of hydrogen-bond acceptors (Lipinski definition) is 4. The van der Waals surface area contributed by atoms with E-state index in [1.807, 2.05) is 0 Å². The maximum atomic E-state index is 11.6. The maximum Gasteiger partial charge on any atom is 0.412 e. The van der Waals surface area contributed by atoms with Crippen LogP contribution in [0.15, 0.2) is 18.2 Å². The molecule has 1 saturated carbocycles. The fourth-order valence-electron chi connectivity index (χ4n) is 1.93. The predicted molar refractivity (Wildman–Crippen MR) is 73.3 cm³/mol. The van der Waals surface area contributed by atoms with Gasteiger partial charge in [-0.25, -0.2) is 4.79 Å². The molecule has 0 aliphatic heterocycles. The molecule has 1 aromatic carbocycles. The summed E-state index contributed by atoms with van der Waals surface area (Å²) in [6.45, 7) is 5.38. The van der Waals surface area contributed by atoms with E-state index in [1.54, 1.807) is 32.9 Å². The minimum absolute atomic E-state index is 0.135. The Balaban J connectivity index is 2.02. The second-order valence-corrected chi connectivity index (χ2v) is 5.91. The van der Waals surface area contributed by atoms with Crippen molar-refractivity contribution >= 4 is 11.8 Å². The highest BCUT2D eigenvalue weighted by molar-refractivity contribution is 5.85. The lowest BCUT2D eigenvalue weighted by Crippen LogP contribution is -2.27. The molecule has 5 nitrogen and oxygen atoms in total. The van der Waals surface area contributed by atoms with Crippen molar-refractivity contribution in [1.82, 2.24) is 0 Å². The Kier molecular flexibility index (Phi) is 3.41. The standard InChI is InChI=1S/C14H20N2O3/c1-14(2,3)19-13(18)16-8-4-5-9(12(17)6-8)10-7-11(10)15/h4-6,10-11,17H,7,15H2,1-3H3,(H,16,18)/t10-,11+/m0/s1. The molecule has 0 spiro atoms. The van der Waals surface area contributed by atoms with Crippen LogP contribution in [0.2, 0.25) is 0 Å². The lowest BCUT2D eigenvalue weighted by Gasteiger charge is -2.19. The predicted octanol–water partition coefficient (Wildman–Crippen LogP) is 2.55. The molecular formula is C14H20N2O3. The molecule has 1 fully saturated rings. The van der Waals surface area contributed by atoms with Crippen molar-refractivity contribution in [3.63, 3.8) is 0 Å². The van der Waals surface area contributed by atoms with Gasteiger partial charge in [0.2, 0.25) is 0 Å². The Bertz CT molecular complexity index is 494. The highest BCUT2D eigenvalue weighted by atomic mass is 16.6. The van der Waals surface area contributed by atoms with Gasteiger partial charge < -0.3 is 15.6 Å². The average molecular weight is 264 g/mol. The molecule has 1 aliphatic carbocycles. The monoisotopic (exact) mass is 264 g/mol. The molecule has 104 valence electrons. The first-order valence-corrected chi connectivity index (χ1v) is 6.35. The van der Waals surface area contributed by atoms with Crippen molar-refractivity contribution in [1.29, 1.82) is 0 Å². The number of benzene rings is 1. The van der Waals surface area contributed by atoms with Crippen LogP contribution in [-0.2, 0) is 4.74 Å². The zero-order chi connectivity index (χ0) is 14.2. The molecule has 0 unspecified atom stereocenters. The average Bonchev–Trinajstić information content (AvgIpc) is 2.92. The molecular weight excluding hydrogens is 244 g/mol. The number of aromatic hydroxyl groups is 1. The normalized spacial score (nSPS) is 21.9. The minimum Gasteiger partial charge on any atom is -0.508 e. The van der Waals surface area contributed by atoms with Crippen LogP contribution in [0.25, 0.3) is 0 Å². The molecule has 1 amide bonds. The van der Waals surface area contributed by atoms with Gasteiger partial charge in [-0.05, 0) is 38.8 Å². The van der Waals surface area contributed by atoms with E-state index in [-0.39, 0.29) is 17.7 Å². The Labute approximate surface area is 112 Å². The summed E-state index contributed by atoms with van der Waals surface area (Å²) in [7, 11) is 0. The van der Waals surface area contributed by atoms with E-state index in [0.29, 0.717) is 5.69 Å². The maximum absolute atomic E-state index is 11.6. The largest absolute Gasteiger partial charge is 0.508 e. The van der Waals surface area contributed by atoms with Gasteiger partial charge in [0.25, 0.3) is 0 Å². The first-order chi connectivity index (χ1) is 8.76. The number of rotatable bonds is 2. The smallest absolute Gasteiger partial charge is 0.412 e. The second-order valence-electron chi connectivity index (χ2n) is 5.91. The summed E-state index contributed by atoms with van der Waals surface area (Å²) < 4.78 is 5.14. The Hall–Kier alpha value is -1.75. The zero-order valence-corrected chi connectivity index (χ0v) is 11.4. The van der Waals surface area contributed by atoms with Crippen molar-refractivity contribution in [2.45, 2.75) is 44.8 Å². The van der Waals surface area contributed by atoms with Gasteiger partial charge in [0.05, 0.1) is 0 Å². The number of carbonyl (C=O) groups excluding carboxylic acids is 1. The Morgan fingerprint density at radius 2 is 2.11 bits per heavy atom. The van der Waals surface area contributed by atoms with E-state index in [4.69, 9.17) is 10.5 Å². The molecule has 5 heteroatoms. The van der Waals surface area contributed by atoms with E-state index in [2.05, 4.69) is 5.32 Å². The van der Waals surface area contributed by atoms with Crippen molar-refractivity contribution in [2.24, 2.45) is 5.73 Å². The van der Waals surface area contributed by atoms with Crippen molar-refractivity contribution in [3.8, 4) is 5.75 Å². The summed E-state index contributed by atoms with van der Waals surface area (Å²) in [5.41, 5.74) is 6.55. The van der Waals surface area contributed by atoms with Gasteiger partial charge in [0.1, 0.15) is 11.4 Å². The van der Waals surface area contributed by atoms with E-state index in [1.165, 1.54) is 6.07 Å². The first kappa shape index (κ1) is 13.7. The number of anilines is 1. The number of ether oxygens (including phenoxy) is 1. The number of hydrogen-bond donors (Lipinski definition) is 3. The molecule has 0 radical (unpaired) electrons. The highest BCUT2D eigenvalue weighted by Crippen LogP contribution is 2.43. The molecule has 4 N–H and O–H groups in total. The molecule has 1 aliphatic rings. The van der Waals surface area contributed by atoms with Gasteiger partial charge >= 0.3 is 6.09 Å². The summed E-state index contributed by atoms with van der Waals surface area (Å²) in [5, 5.41) is 12.5. The van der Waals surface area contributed by atoms with Crippen LogP contribution in [0, 0.1) is 0 Å². The second kappa shape index (κ2) is 4.74. The molecule has 2 rings (SSSR count). The number of amides is 1. The summed E-state index contributed by atoms with van der Waals surface area (Å²) in [6, 6.07) is 5.18. The zero-order valence-electron chi connectivity index (χ0n) is 11.4. The Morgan fingerprint density at radius 3 is 2.58 bits per heavy atom. The SMILES string of the molecule is CC(C)(C)OC(=O)Nc1ccc([C@@H]2C[C@H]2N)c(O)c1. The fraction of sp³-hybridized carbons (Fsp3) is 0.500. The van der Waals surface area contributed by atoms with Crippen LogP contribution >= 0.6 is 0 Å². The molecule has 0 saturated heterocycles. The van der Waals surface area contributed by atoms with Gasteiger partial charge in [-0.3, -0.25) is 5.32 Å². The van der Waals surface area contributed by atoms with Gasteiger partial charge in [-0.2, -0.15) is 0 Å². The van der Waals surface area contributed by atoms with E-state index in [0.717, 1.165) is 12.0 Å². The topological polar surface area (TPSA) is 84.6 Å². The molecule has 19 heavy (non-hydrogen) atoms. The fourth-order valence-corrected chi connectivity index (χ4v) is 1.93. The lowest BCUT2D eigenvalue weighted by molar-refractivity contribution is 0.0636. The van der Waals surface area contributed by atoms with Crippen LogP contribution < -0.4 is 11.1 Å². The lowest BCUT2D eigenvalue weighted by atomic mass is 10.1. The van der Waals surface area contributed by atoms with Gasteiger partial charge in [-0.1, -0.05) is 6.07 Å². The van der Waals surface area contributed by atoms with E-state index in [9.17, 15) is 9.90 Å². The van der Waals surface area contributed by atoms with Crippen LogP contribution in [0.4, 0.5) is 10.5 Å². The molecule has 0 heterocycles. The van der Waals surface area contributed by atoms with E-state index >= 15 is 0 Å². The number of phenols is 1. The van der Waals surface area contributed by atoms with Gasteiger partial charge in [0.15, 0.2) is 0 Å². The summed E-state index contributed by atoms with van der Waals surface area (Å²) in [6.07, 6.45) is 0.356. The molecule has 2 atom stereocenters. The summed E-state index contributed by atoms with van der Waals surface area (Å²) in [5.74, 6) is 0.391. The third kappa shape index (κ3) is 3.61. The first-order valence-electron chi connectivity index (χ1n) is 6.35. The number of nitrogens with two attached hydrogens (primary N) is 1. The van der Waals surface area contributed by atoms with Crippen molar-refractivity contribution < 1.29 is 14.6 Å². The van der Waals surface area contributed by atoms with Crippen LogP contribution in [0.1, 0.15) is 38.7 Å². The molecule has 0 aromatic heterocycles. The molecule has 0 bridgehead atoms. The van der Waals surface area contributed by atoms with Crippen molar-refractivity contribution in [2.75, 3.05) is 5.32 Å². The van der Waals surface area contributed by atoms with Crippen LogP contribution in [0.5, 0.6) is 5.75 Å². The van der Waals surface area contributed by atoms with Crippen LogP contribution in [-0.4, -0.2) is 22.8 Å². The third-order valence-electron chi connectivity index (χ3n) is 2.91. The third-order valence-corrected chi connectivity index (χ3v) is 2.91. The quantitative estimate of drug-likeness (QED) is 0.766. The van der Waals surface area contributed by atoms with Crippen LogP contribution in [0.3, 0.4) is 0 Å². The summed E-state index contributed by atoms with van der Waals surface area (Å²) >= 11 is 0.